The van der Waals surface area contributed by atoms with Crippen molar-refractivity contribution in [1.29, 1.82) is 0 Å². The molecule has 4 atom stereocenters. The lowest BCUT2D eigenvalue weighted by molar-refractivity contribution is -0.0402. The summed E-state index contributed by atoms with van der Waals surface area (Å²) in [7, 11) is 0. The fourth-order valence-electron chi connectivity index (χ4n) is 2.31. The normalized spacial score (nSPS) is 29.0. The van der Waals surface area contributed by atoms with Crippen LogP contribution in [-0.2, 0) is 4.74 Å². The Bertz CT molecular complexity index is 659. The largest absolute Gasteiger partial charge is 0.388 e. The van der Waals surface area contributed by atoms with Crippen LogP contribution in [0, 0.1) is 0 Å². The molecule has 0 bridgehead atoms. The van der Waals surface area contributed by atoms with Crippen LogP contribution in [0.1, 0.15) is 12.6 Å². The second kappa shape index (κ2) is 6.45. The van der Waals surface area contributed by atoms with Crippen LogP contribution in [0.5, 0.6) is 0 Å². The molecule has 1 aromatic rings. The maximum atomic E-state index is 11.9. The van der Waals surface area contributed by atoms with E-state index in [0.29, 0.717) is 10.9 Å². The van der Waals surface area contributed by atoms with Crippen molar-refractivity contribution in [3.63, 3.8) is 0 Å². The predicted octanol–water partition coefficient (Wildman–Crippen LogP) is 0.306. The van der Waals surface area contributed by atoms with Crippen molar-refractivity contribution < 1.29 is 14.9 Å². The lowest BCUT2D eigenvalue weighted by Crippen LogP contribution is -2.35. The van der Waals surface area contributed by atoms with Crippen LogP contribution in [0.2, 0.25) is 0 Å². The highest BCUT2D eigenvalue weighted by Crippen LogP contribution is 2.39. The van der Waals surface area contributed by atoms with Crippen molar-refractivity contribution in [3.05, 3.63) is 21.2 Å². The summed E-state index contributed by atoms with van der Waals surface area (Å²) >= 11 is 3.18. The molecule has 0 spiro atoms. The Kier molecular flexibility index (Phi) is 5.19. The van der Waals surface area contributed by atoms with E-state index in [9.17, 15) is 15.0 Å². The van der Waals surface area contributed by atoms with Gasteiger partial charge in [0.05, 0.1) is 10.6 Å². The highest BCUT2D eigenvalue weighted by molar-refractivity contribution is 9.10. The molecule has 1 fully saturated rings. The molecule has 1 aliphatic heterocycles. The number of nitrogens with two attached hydrogens (primary N) is 1. The van der Waals surface area contributed by atoms with Gasteiger partial charge in [-0.3, -0.25) is 4.57 Å². The Labute approximate surface area is 137 Å². The zero-order chi connectivity index (χ0) is 16.7. The zero-order valence-electron chi connectivity index (χ0n) is 12.5. The molecule has 2 rings (SSSR count). The smallest absolute Gasteiger partial charge is 0.351 e. The summed E-state index contributed by atoms with van der Waals surface area (Å²) in [5, 5.41) is 20.3. The Morgan fingerprint density at radius 1 is 1.50 bits per heavy atom. The van der Waals surface area contributed by atoms with Gasteiger partial charge in [0.15, 0.2) is 6.23 Å². The molecule has 4 N–H and O–H groups in total. The third-order valence-electron chi connectivity index (χ3n) is 3.56. The van der Waals surface area contributed by atoms with Gasteiger partial charge < -0.3 is 20.7 Å². The lowest BCUT2D eigenvalue weighted by atomic mass is 10.1. The molecule has 1 saturated heterocycles. The summed E-state index contributed by atoms with van der Waals surface area (Å²) in [5.74, 6) is 0.0643. The van der Waals surface area contributed by atoms with Crippen LogP contribution >= 0.6 is 22.8 Å². The molecule has 2 heterocycles. The number of halogens is 1. The average molecular weight is 394 g/mol. The Morgan fingerprint density at radius 3 is 2.73 bits per heavy atom. The number of nitrogens with zero attached hydrogens (tertiary/aromatic N) is 2. The summed E-state index contributed by atoms with van der Waals surface area (Å²) in [4.78, 5) is 15.6. The standard InChI is InChI=1S/C13H21BrN3O4P/c1-22(2,3)5-4-8-9(18)10(19)12(21-8)17-6-7(14)11(15)16-13(17)20/h6,8-10,12,18-19H,1,4-5H2,2-3H3,(H2,15,16,20)/t8-,9-,10-,12?/m1/s1. The van der Waals surface area contributed by atoms with E-state index in [2.05, 4.69) is 40.5 Å². The Balaban J connectivity index is 2.22. The second-order valence-corrected chi connectivity index (χ2v) is 11.3. The first-order valence-electron chi connectivity index (χ1n) is 6.83. The SMILES string of the molecule is C=P(C)(C)CC[C@H]1OC(n2cc(Br)c(N)nc2=O)[C@H](O)[C@@H]1O. The molecule has 0 aliphatic carbocycles. The molecule has 124 valence electrons. The molecule has 0 amide bonds. The van der Waals surface area contributed by atoms with Crippen LogP contribution in [0.4, 0.5) is 5.82 Å². The first-order chi connectivity index (χ1) is 10.1. The second-order valence-electron chi connectivity index (χ2n) is 6.16. The van der Waals surface area contributed by atoms with Crippen molar-refractivity contribution in [2.75, 3.05) is 25.2 Å². The Hall–Kier alpha value is -0.660. The first-order valence-corrected chi connectivity index (χ1v) is 10.7. The van der Waals surface area contributed by atoms with E-state index in [4.69, 9.17) is 10.5 Å². The zero-order valence-corrected chi connectivity index (χ0v) is 15.0. The first kappa shape index (κ1) is 17.7. The number of ether oxygens (including phenoxy) is 1. The van der Waals surface area contributed by atoms with Gasteiger partial charge in [-0.15, -0.1) is 13.2 Å². The highest BCUT2D eigenvalue weighted by Gasteiger charge is 2.44. The van der Waals surface area contributed by atoms with Crippen LogP contribution in [0.25, 0.3) is 0 Å². The monoisotopic (exact) mass is 393 g/mol. The molecule has 9 heteroatoms. The maximum absolute atomic E-state index is 11.9. The number of aliphatic hydroxyl groups excluding tert-OH is 2. The van der Waals surface area contributed by atoms with Crippen molar-refractivity contribution in [2.45, 2.75) is 31.0 Å². The molecular weight excluding hydrogens is 373 g/mol. The quantitative estimate of drug-likeness (QED) is 0.634. The van der Waals surface area contributed by atoms with Gasteiger partial charge in [0.2, 0.25) is 0 Å². The van der Waals surface area contributed by atoms with E-state index in [-0.39, 0.29) is 5.82 Å². The van der Waals surface area contributed by atoms with Crippen molar-refractivity contribution in [2.24, 2.45) is 0 Å². The van der Waals surface area contributed by atoms with Crippen molar-refractivity contribution >= 4 is 34.9 Å². The number of anilines is 1. The van der Waals surface area contributed by atoms with Gasteiger partial charge in [0.25, 0.3) is 0 Å². The van der Waals surface area contributed by atoms with Gasteiger partial charge in [0.1, 0.15) is 18.0 Å². The summed E-state index contributed by atoms with van der Waals surface area (Å²) in [6.07, 6.45) is 3.15. The van der Waals surface area contributed by atoms with Gasteiger partial charge in [-0.25, -0.2) is 4.79 Å². The van der Waals surface area contributed by atoms with E-state index in [1.807, 2.05) is 0 Å². The third kappa shape index (κ3) is 3.81. The molecule has 0 saturated carbocycles. The van der Waals surface area contributed by atoms with Crippen LogP contribution in [-0.4, -0.2) is 63.9 Å². The molecule has 22 heavy (non-hydrogen) atoms. The highest BCUT2D eigenvalue weighted by atomic mass is 79.9. The van der Waals surface area contributed by atoms with Crippen molar-refractivity contribution in [1.82, 2.24) is 9.55 Å². The van der Waals surface area contributed by atoms with E-state index in [1.165, 1.54) is 6.20 Å². The molecular formula is C13H21BrN3O4P. The minimum Gasteiger partial charge on any atom is -0.388 e. The van der Waals surface area contributed by atoms with E-state index in [1.54, 1.807) is 0 Å². The van der Waals surface area contributed by atoms with E-state index >= 15 is 0 Å². The van der Waals surface area contributed by atoms with Crippen molar-refractivity contribution in [3.8, 4) is 0 Å². The molecule has 1 unspecified atom stereocenters. The lowest BCUT2D eigenvalue weighted by Gasteiger charge is -2.19. The molecule has 1 aromatic heterocycles. The number of aromatic nitrogens is 2. The summed E-state index contributed by atoms with van der Waals surface area (Å²) in [6.45, 7) is 2.92. The van der Waals surface area contributed by atoms with Gasteiger partial charge in [0, 0.05) is 6.20 Å². The molecule has 0 radical (unpaired) electrons. The van der Waals surface area contributed by atoms with E-state index < -0.39 is 37.1 Å². The number of rotatable bonds is 4. The van der Waals surface area contributed by atoms with Crippen LogP contribution in [0.15, 0.2) is 15.5 Å². The van der Waals surface area contributed by atoms with E-state index in [0.717, 1.165) is 10.7 Å². The van der Waals surface area contributed by atoms with Gasteiger partial charge in [-0.05, 0) is 41.8 Å². The minimum absolute atomic E-state index is 0.0643. The van der Waals surface area contributed by atoms with Gasteiger partial charge in [-0.2, -0.15) is 4.98 Å². The fourth-order valence-corrected chi connectivity index (χ4v) is 3.58. The Morgan fingerprint density at radius 2 is 2.14 bits per heavy atom. The maximum Gasteiger partial charge on any atom is 0.351 e. The molecule has 7 nitrogen and oxygen atoms in total. The third-order valence-corrected chi connectivity index (χ3v) is 5.64. The minimum atomic E-state index is -1.26. The van der Waals surface area contributed by atoms with Crippen LogP contribution < -0.4 is 11.4 Å². The number of aliphatic hydroxyl groups is 2. The summed E-state index contributed by atoms with van der Waals surface area (Å²) in [6, 6.07) is 0. The summed E-state index contributed by atoms with van der Waals surface area (Å²) in [5.41, 5.74) is 4.91. The topological polar surface area (TPSA) is 111 Å². The summed E-state index contributed by atoms with van der Waals surface area (Å²) < 4.78 is 7.25. The van der Waals surface area contributed by atoms with Crippen LogP contribution in [0.3, 0.4) is 0 Å². The number of hydrogen-bond acceptors (Lipinski definition) is 6. The number of hydrogen-bond donors (Lipinski definition) is 3. The number of nitrogen functional groups attached to an aromatic ring is 1. The fraction of sp³-hybridized carbons (Fsp3) is 0.615. The van der Waals surface area contributed by atoms with Gasteiger partial charge in [-0.1, -0.05) is 0 Å². The van der Waals surface area contributed by atoms with Gasteiger partial charge >= 0.3 is 5.69 Å². The average Bonchev–Trinajstić information content (AvgIpc) is 2.68. The molecule has 0 aromatic carbocycles. The molecule has 1 aliphatic rings. The predicted molar refractivity (Wildman–Crippen MR) is 91.9 cm³/mol.